The number of hydrogen-bond acceptors (Lipinski definition) is 5. The minimum absolute atomic E-state index is 0.0874. The molecule has 120 valence electrons. The molecule has 1 aromatic carbocycles. The van der Waals surface area contributed by atoms with Gasteiger partial charge in [-0.25, -0.2) is 10.2 Å². The molecule has 0 spiro atoms. The zero-order valence-corrected chi connectivity index (χ0v) is 13.1. The van der Waals surface area contributed by atoms with Crippen molar-refractivity contribution in [1.82, 2.24) is 20.8 Å². The number of hydrogen-bond donors (Lipinski definition) is 5. The van der Waals surface area contributed by atoms with Gasteiger partial charge in [0.2, 0.25) is 0 Å². The third-order valence-electron chi connectivity index (χ3n) is 4.63. The smallest absolute Gasteiger partial charge is 0.327 e. The fourth-order valence-corrected chi connectivity index (χ4v) is 3.76. The summed E-state index contributed by atoms with van der Waals surface area (Å²) in [6.07, 6.45) is -0.0874. The highest BCUT2D eigenvalue weighted by Gasteiger charge is 2.45. The summed E-state index contributed by atoms with van der Waals surface area (Å²) >= 11 is 5.99. The van der Waals surface area contributed by atoms with E-state index >= 15 is 0 Å². The summed E-state index contributed by atoms with van der Waals surface area (Å²) in [4.78, 5) is 29.1. The average molecular weight is 334 g/mol. The Labute approximate surface area is 136 Å². The molecular weight excluding hydrogens is 318 g/mol. The molecule has 2 aliphatic rings. The summed E-state index contributed by atoms with van der Waals surface area (Å²) in [5.74, 6) is 0.408. The van der Waals surface area contributed by atoms with Crippen molar-refractivity contribution in [3.8, 4) is 0 Å². The van der Waals surface area contributed by atoms with Crippen molar-refractivity contribution in [2.24, 2.45) is 5.92 Å². The zero-order chi connectivity index (χ0) is 16.1. The third-order valence-corrected chi connectivity index (χ3v) is 4.89. The molecule has 5 N–H and O–H groups in total. The molecule has 0 radical (unpaired) electrons. The van der Waals surface area contributed by atoms with Gasteiger partial charge in [0.25, 0.3) is 5.56 Å². The van der Waals surface area contributed by atoms with E-state index in [2.05, 4.69) is 33.1 Å². The standard InChI is InChI=1S/C15H16ClN5O2/c1-6-9-10(7-2-4-8(16)5-3-7)11-12(17-13(9)21-20-6)18-15(23)19-14(11)22/h2-6,9-10,13,20-21H,1H3,(H3,17,18,19,22,23). The second-order valence-corrected chi connectivity index (χ2v) is 6.44. The number of nitrogens with one attached hydrogen (secondary N) is 5. The normalized spacial score (nSPS) is 28.8. The summed E-state index contributed by atoms with van der Waals surface area (Å²) in [6, 6.07) is 7.62. The average Bonchev–Trinajstić information content (AvgIpc) is 2.87. The number of halogens is 1. The molecule has 4 unspecified atom stereocenters. The number of rotatable bonds is 1. The number of anilines is 1. The fraction of sp³-hybridized carbons (Fsp3) is 0.333. The minimum Gasteiger partial charge on any atom is -0.354 e. The van der Waals surface area contributed by atoms with Crippen LogP contribution >= 0.6 is 11.6 Å². The number of fused-ring (bicyclic) bond motifs is 2. The first-order valence-electron chi connectivity index (χ1n) is 7.44. The highest BCUT2D eigenvalue weighted by molar-refractivity contribution is 6.30. The lowest BCUT2D eigenvalue weighted by Crippen LogP contribution is -2.47. The molecule has 7 nitrogen and oxygen atoms in total. The molecule has 4 rings (SSSR count). The SMILES string of the molecule is CC1NNC2Nc3[nH]c(=O)[nH]c(=O)c3C(c3ccc(Cl)cc3)C12. The first kappa shape index (κ1) is 14.5. The summed E-state index contributed by atoms with van der Waals surface area (Å²) < 4.78 is 0. The van der Waals surface area contributed by atoms with Crippen LogP contribution in [0.2, 0.25) is 5.02 Å². The first-order valence-corrected chi connectivity index (χ1v) is 7.82. The van der Waals surface area contributed by atoms with Gasteiger partial charge in [0.15, 0.2) is 0 Å². The van der Waals surface area contributed by atoms with Crippen LogP contribution in [-0.4, -0.2) is 22.2 Å². The van der Waals surface area contributed by atoms with Crippen LogP contribution in [0.3, 0.4) is 0 Å². The van der Waals surface area contributed by atoms with Crippen molar-refractivity contribution in [3.05, 3.63) is 61.3 Å². The van der Waals surface area contributed by atoms with Crippen LogP contribution in [0.4, 0.5) is 5.82 Å². The maximum absolute atomic E-state index is 12.4. The van der Waals surface area contributed by atoms with E-state index in [0.717, 1.165) is 5.56 Å². The quantitative estimate of drug-likeness (QED) is 0.529. The number of H-pyrrole nitrogens is 2. The number of aromatic nitrogens is 2. The second-order valence-electron chi connectivity index (χ2n) is 6.00. The molecule has 0 saturated carbocycles. The lowest BCUT2D eigenvalue weighted by Gasteiger charge is -2.36. The molecule has 2 aromatic rings. The van der Waals surface area contributed by atoms with Gasteiger partial charge in [-0.15, -0.1) is 0 Å². The van der Waals surface area contributed by atoms with Crippen molar-refractivity contribution < 1.29 is 0 Å². The van der Waals surface area contributed by atoms with E-state index < -0.39 is 5.69 Å². The molecule has 0 amide bonds. The van der Waals surface area contributed by atoms with Gasteiger partial charge >= 0.3 is 5.69 Å². The van der Waals surface area contributed by atoms with Crippen molar-refractivity contribution in [1.29, 1.82) is 0 Å². The lowest BCUT2D eigenvalue weighted by molar-refractivity contribution is 0.386. The maximum atomic E-state index is 12.4. The predicted molar refractivity (Wildman–Crippen MR) is 87.6 cm³/mol. The summed E-state index contributed by atoms with van der Waals surface area (Å²) in [6.45, 7) is 2.06. The van der Waals surface area contributed by atoms with E-state index in [1.54, 1.807) is 0 Å². The van der Waals surface area contributed by atoms with E-state index in [0.29, 0.717) is 16.4 Å². The van der Waals surface area contributed by atoms with Crippen molar-refractivity contribution in [3.63, 3.8) is 0 Å². The maximum Gasteiger partial charge on any atom is 0.327 e. The van der Waals surface area contributed by atoms with Crippen LogP contribution in [-0.2, 0) is 0 Å². The van der Waals surface area contributed by atoms with E-state index in [-0.39, 0.29) is 29.6 Å². The highest BCUT2D eigenvalue weighted by atomic mass is 35.5. The van der Waals surface area contributed by atoms with E-state index in [1.165, 1.54) is 0 Å². The molecule has 2 aliphatic heterocycles. The van der Waals surface area contributed by atoms with E-state index in [9.17, 15) is 9.59 Å². The molecule has 1 fully saturated rings. The number of aromatic amines is 2. The summed E-state index contributed by atoms with van der Waals surface area (Å²) in [7, 11) is 0. The fourth-order valence-electron chi connectivity index (χ4n) is 3.63. The largest absolute Gasteiger partial charge is 0.354 e. The topological polar surface area (TPSA) is 102 Å². The Hall–Kier alpha value is -2.09. The molecule has 0 bridgehead atoms. The van der Waals surface area contributed by atoms with Gasteiger partial charge in [0.05, 0.1) is 11.7 Å². The molecular formula is C15H16ClN5O2. The molecule has 8 heteroatoms. The van der Waals surface area contributed by atoms with Gasteiger partial charge in [-0.2, -0.15) is 0 Å². The van der Waals surface area contributed by atoms with Crippen LogP contribution in [0, 0.1) is 5.92 Å². The highest BCUT2D eigenvalue weighted by Crippen LogP contribution is 2.42. The van der Waals surface area contributed by atoms with Gasteiger partial charge in [0.1, 0.15) is 5.82 Å². The molecule has 3 heterocycles. The van der Waals surface area contributed by atoms with Crippen LogP contribution in [0.25, 0.3) is 0 Å². The monoisotopic (exact) mass is 333 g/mol. The number of benzene rings is 1. The van der Waals surface area contributed by atoms with Crippen molar-refractivity contribution in [2.75, 3.05) is 5.32 Å². The molecule has 4 atom stereocenters. The first-order chi connectivity index (χ1) is 11.0. The van der Waals surface area contributed by atoms with Gasteiger partial charge in [-0.3, -0.25) is 20.2 Å². The van der Waals surface area contributed by atoms with Gasteiger partial charge < -0.3 is 5.32 Å². The number of hydrazine groups is 1. The van der Waals surface area contributed by atoms with E-state index in [4.69, 9.17) is 11.6 Å². The van der Waals surface area contributed by atoms with Crippen LogP contribution in [0.15, 0.2) is 33.9 Å². The molecule has 1 saturated heterocycles. The Balaban J connectivity index is 1.95. The van der Waals surface area contributed by atoms with Crippen molar-refractivity contribution in [2.45, 2.75) is 25.0 Å². The predicted octanol–water partition coefficient (Wildman–Crippen LogP) is 0.713. The van der Waals surface area contributed by atoms with Crippen LogP contribution in [0.5, 0.6) is 0 Å². The second kappa shape index (κ2) is 5.23. The summed E-state index contributed by atoms with van der Waals surface area (Å²) in [5.41, 5.74) is 7.02. The molecule has 0 aliphatic carbocycles. The zero-order valence-electron chi connectivity index (χ0n) is 12.3. The van der Waals surface area contributed by atoms with Crippen LogP contribution < -0.4 is 27.4 Å². The van der Waals surface area contributed by atoms with Gasteiger partial charge in [-0.05, 0) is 24.6 Å². The van der Waals surface area contributed by atoms with E-state index in [1.807, 2.05) is 24.3 Å². The van der Waals surface area contributed by atoms with Gasteiger partial charge in [0, 0.05) is 22.9 Å². The Morgan fingerprint density at radius 1 is 1.04 bits per heavy atom. The Bertz CT molecular complexity index is 859. The lowest BCUT2D eigenvalue weighted by atomic mass is 9.75. The van der Waals surface area contributed by atoms with Gasteiger partial charge in [-0.1, -0.05) is 23.7 Å². The molecule has 23 heavy (non-hydrogen) atoms. The molecule has 1 aromatic heterocycles. The minimum atomic E-state index is -0.520. The Kier molecular flexibility index (Phi) is 3.29. The van der Waals surface area contributed by atoms with Crippen molar-refractivity contribution >= 4 is 17.4 Å². The summed E-state index contributed by atoms with van der Waals surface area (Å²) in [5, 5.41) is 3.85. The van der Waals surface area contributed by atoms with Crippen LogP contribution in [0.1, 0.15) is 24.0 Å². The third kappa shape index (κ3) is 2.28. The Morgan fingerprint density at radius 2 is 1.78 bits per heavy atom. The Morgan fingerprint density at radius 3 is 2.52 bits per heavy atom.